The summed E-state index contributed by atoms with van der Waals surface area (Å²) in [4.78, 5) is 14.1. The molecule has 3 aromatic rings. The lowest BCUT2D eigenvalue weighted by atomic mass is 10.1. The highest BCUT2D eigenvalue weighted by molar-refractivity contribution is 5.92. The van der Waals surface area contributed by atoms with Crippen molar-refractivity contribution in [2.45, 2.75) is 31.3 Å². The molecular formula is C17H17N5O2. The molecule has 7 nitrogen and oxygen atoms in total. The van der Waals surface area contributed by atoms with E-state index in [1.54, 1.807) is 23.3 Å². The molecule has 1 saturated carbocycles. The summed E-state index contributed by atoms with van der Waals surface area (Å²) in [6, 6.07) is 11.2. The van der Waals surface area contributed by atoms with Crippen LogP contribution in [0.2, 0.25) is 0 Å². The number of carbonyl (C=O) groups is 1. The van der Waals surface area contributed by atoms with E-state index >= 15 is 0 Å². The van der Waals surface area contributed by atoms with Crippen LogP contribution in [0.3, 0.4) is 0 Å². The van der Waals surface area contributed by atoms with Crippen LogP contribution in [0.15, 0.2) is 53.3 Å². The lowest BCUT2D eigenvalue weighted by molar-refractivity contribution is 0.0921. The second-order valence-corrected chi connectivity index (χ2v) is 5.91. The number of nitrogens with one attached hydrogen (secondary N) is 1. The lowest BCUT2D eigenvalue weighted by Gasteiger charge is -2.18. The smallest absolute Gasteiger partial charge is 0.274 e. The summed E-state index contributed by atoms with van der Waals surface area (Å²) in [5.74, 6) is 0.967. The number of hydrogen-bond acceptors (Lipinski definition) is 5. The Kier molecular flexibility index (Phi) is 3.82. The Labute approximate surface area is 138 Å². The molecule has 7 heteroatoms. The van der Waals surface area contributed by atoms with E-state index in [9.17, 15) is 4.79 Å². The van der Waals surface area contributed by atoms with Crippen molar-refractivity contribution in [3.8, 4) is 0 Å². The molecule has 1 unspecified atom stereocenters. The lowest BCUT2D eigenvalue weighted by Crippen LogP contribution is -2.32. The summed E-state index contributed by atoms with van der Waals surface area (Å²) >= 11 is 0. The second-order valence-electron chi connectivity index (χ2n) is 5.91. The summed E-state index contributed by atoms with van der Waals surface area (Å²) in [5.41, 5.74) is 1.29. The number of carbonyl (C=O) groups excluding carboxylic acids is 1. The van der Waals surface area contributed by atoms with Gasteiger partial charge in [0.25, 0.3) is 5.91 Å². The first kappa shape index (κ1) is 14.6. The van der Waals surface area contributed by atoms with E-state index < -0.39 is 0 Å². The first-order valence-corrected chi connectivity index (χ1v) is 7.96. The van der Waals surface area contributed by atoms with Gasteiger partial charge in [-0.3, -0.25) is 4.79 Å². The highest BCUT2D eigenvalue weighted by Gasteiger charge is 2.29. The normalized spacial score (nSPS) is 15.2. The monoisotopic (exact) mass is 323 g/mol. The van der Waals surface area contributed by atoms with Crippen molar-refractivity contribution < 1.29 is 9.32 Å². The molecule has 1 atom stereocenters. The van der Waals surface area contributed by atoms with Gasteiger partial charge >= 0.3 is 0 Å². The summed E-state index contributed by atoms with van der Waals surface area (Å²) < 4.78 is 5.26. The second kappa shape index (κ2) is 6.27. The Bertz CT molecular complexity index is 809. The minimum absolute atomic E-state index is 0.257. The van der Waals surface area contributed by atoms with Crippen molar-refractivity contribution in [3.05, 3.63) is 65.8 Å². The summed E-state index contributed by atoms with van der Waals surface area (Å²) in [6.45, 7) is 0.441. The van der Waals surface area contributed by atoms with Crippen molar-refractivity contribution in [2.75, 3.05) is 0 Å². The molecule has 24 heavy (non-hydrogen) atoms. The van der Waals surface area contributed by atoms with Crippen molar-refractivity contribution in [2.24, 2.45) is 0 Å². The van der Waals surface area contributed by atoms with Crippen molar-refractivity contribution in [1.29, 1.82) is 0 Å². The van der Waals surface area contributed by atoms with Crippen LogP contribution in [-0.4, -0.2) is 26.1 Å². The number of hydrogen-bond donors (Lipinski definition) is 1. The highest BCUT2D eigenvalue weighted by atomic mass is 16.5. The molecule has 0 saturated heterocycles. The van der Waals surface area contributed by atoms with Gasteiger partial charge in [0.05, 0.1) is 25.0 Å². The SMILES string of the molecule is O=C(NC(Cn1nccn1)c1ccccc1)c1cc(C2CC2)on1. The molecule has 4 rings (SSSR count). The zero-order chi connectivity index (χ0) is 16.4. The Hall–Kier alpha value is -2.96. The zero-order valence-electron chi connectivity index (χ0n) is 13.0. The maximum Gasteiger partial charge on any atom is 0.274 e. The van der Waals surface area contributed by atoms with Gasteiger partial charge < -0.3 is 9.84 Å². The Morgan fingerprint density at radius 3 is 2.71 bits per heavy atom. The highest BCUT2D eigenvalue weighted by Crippen LogP contribution is 2.40. The maximum absolute atomic E-state index is 12.5. The van der Waals surface area contributed by atoms with E-state index in [2.05, 4.69) is 20.7 Å². The van der Waals surface area contributed by atoms with E-state index in [4.69, 9.17) is 4.52 Å². The van der Waals surface area contributed by atoms with Crippen LogP contribution in [-0.2, 0) is 6.54 Å². The summed E-state index contributed by atoms with van der Waals surface area (Å²) in [6.07, 6.45) is 5.44. The van der Waals surface area contributed by atoms with Crippen LogP contribution >= 0.6 is 0 Å². The quantitative estimate of drug-likeness (QED) is 0.752. The van der Waals surface area contributed by atoms with Gasteiger partial charge in [0, 0.05) is 12.0 Å². The third-order valence-electron chi connectivity index (χ3n) is 4.06. The largest absolute Gasteiger partial charge is 0.360 e. The van der Waals surface area contributed by atoms with Gasteiger partial charge in [0.15, 0.2) is 5.69 Å². The Morgan fingerprint density at radius 1 is 1.25 bits per heavy atom. The van der Waals surface area contributed by atoms with Crippen LogP contribution in [0, 0.1) is 0 Å². The molecule has 0 radical (unpaired) electrons. The van der Waals surface area contributed by atoms with Crippen molar-refractivity contribution in [3.63, 3.8) is 0 Å². The Morgan fingerprint density at radius 2 is 2.00 bits per heavy atom. The van der Waals surface area contributed by atoms with Gasteiger partial charge in [-0.1, -0.05) is 35.5 Å². The molecule has 2 aromatic heterocycles. The van der Waals surface area contributed by atoms with E-state index in [0.717, 1.165) is 24.2 Å². The molecule has 1 aromatic carbocycles. The fourth-order valence-corrected chi connectivity index (χ4v) is 2.61. The molecule has 2 heterocycles. The molecular weight excluding hydrogens is 306 g/mol. The molecule has 0 aliphatic heterocycles. The predicted octanol–water partition coefficient (Wildman–Crippen LogP) is 2.31. The summed E-state index contributed by atoms with van der Waals surface area (Å²) in [5, 5.41) is 15.1. The average Bonchev–Trinajstić information content (AvgIpc) is 3.12. The van der Waals surface area contributed by atoms with E-state index in [1.807, 2.05) is 30.3 Å². The Balaban J connectivity index is 1.52. The predicted molar refractivity (Wildman–Crippen MR) is 85.1 cm³/mol. The van der Waals surface area contributed by atoms with Gasteiger partial charge in [0.1, 0.15) is 5.76 Å². The third kappa shape index (κ3) is 3.19. The number of amides is 1. The van der Waals surface area contributed by atoms with Gasteiger partial charge in [0.2, 0.25) is 0 Å². The number of rotatable bonds is 6. The first-order valence-electron chi connectivity index (χ1n) is 7.96. The fourth-order valence-electron chi connectivity index (χ4n) is 2.61. The summed E-state index contributed by atoms with van der Waals surface area (Å²) in [7, 11) is 0. The topological polar surface area (TPSA) is 85.8 Å². The third-order valence-corrected chi connectivity index (χ3v) is 4.06. The minimum Gasteiger partial charge on any atom is -0.360 e. The van der Waals surface area contributed by atoms with E-state index in [-0.39, 0.29) is 11.9 Å². The molecule has 1 aliphatic carbocycles. The molecule has 1 N–H and O–H groups in total. The van der Waals surface area contributed by atoms with Gasteiger partial charge in [-0.05, 0) is 18.4 Å². The molecule has 0 spiro atoms. The van der Waals surface area contributed by atoms with Crippen molar-refractivity contribution >= 4 is 5.91 Å². The van der Waals surface area contributed by atoms with Crippen LogP contribution in [0.4, 0.5) is 0 Å². The van der Waals surface area contributed by atoms with E-state index in [1.165, 1.54) is 0 Å². The molecule has 0 bridgehead atoms. The number of nitrogens with zero attached hydrogens (tertiary/aromatic N) is 4. The van der Waals surface area contributed by atoms with Gasteiger partial charge in [-0.15, -0.1) is 0 Å². The number of aromatic nitrogens is 4. The molecule has 1 fully saturated rings. The van der Waals surface area contributed by atoms with Crippen molar-refractivity contribution in [1.82, 2.24) is 25.5 Å². The molecule has 122 valence electrons. The minimum atomic E-state index is -0.258. The molecule has 1 aliphatic rings. The van der Waals surface area contributed by atoms with Crippen LogP contribution in [0.1, 0.15) is 46.6 Å². The van der Waals surface area contributed by atoms with E-state index in [0.29, 0.717) is 18.2 Å². The molecule has 1 amide bonds. The fraction of sp³-hybridized carbons (Fsp3) is 0.294. The van der Waals surface area contributed by atoms with Gasteiger partial charge in [-0.25, -0.2) is 0 Å². The maximum atomic E-state index is 12.5. The number of benzene rings is 1. The van der Waals surface area contributed by atoms with Gasteiger partial charge in [-0.2, -0.15) is 15.0 Å². The first-order chi connectivity index (χ1) is 11.8. The standard InChI is InChI=1S/C17H17N5O2/c23-17(14-10-16(24-21-14)13-6-7-13)20-15(11-22-18-8-9-19-22)12-4-2-1-3-5-12/h1-5,8-10,13,15H,6-7,11H2,(H,20,23). The average molecular weight is 323 g/mol. The van der Waals surface area contributed by atoms with Crippen LogP contribution < -0.4 is 5.32 Å². The van der Waals surface area contributed by atoms with Crippen LogP contribution in [0.5, 0.6) is 0 Å². The zero-order valence-corrected chi connectivity index (χ0v) is 13.0. The van der Waals surface area contributed by atoms with Crippen LogP contribution in [0.25, 0.3) is 0 Å².